The fourth-order valence-electron chi connectivity index (χ4n) is 1.89. The van der Waals surface area contributed by atoms with E-state index in [4.69, 9.17) is 13.3 Å². The maximum atomic E-state index is 6.28. The van der Waals surface area contributed by atoms with E-state index in [-0.39, 0.29) is 0 Å². The van der Waals surface area contributed by atoms with E-state index in [2.05, 4.69) is 71.9 Å². The molecule has 0 aliphatic rings. The molecule has 0 N–H and O–H groups in total. The molecule has 0 aliphatic carbocycles. The fraction of sp³-hybridized carbons (Fsp3) is 0.333. The van der Waals surface area contributed by atoms with E-state index >= 15 is 0 Å². The largest absolute Gasteiger partial charge is 0.543 e. The molecule has 0 aromatic heterocycles. The minimum atomic E-state index is -0.786. The summed E-state index contributed by atoms with van der Waals surface area (Å²) in [7, 11) is -1.35. The van der Waals surface area contributed by atoms with E-state index in [1.807, 2.05) is 0 Å². The van der Waals surface area contributed by atoms with Gasteiger partial charge in [-0.1, -0.05) is 39.9 Å². The van der Waals surface area contributed by atoms with Gasteiger partial charge >= 0.3 is 0 Å². The second-order valence-electron chi connectivity index (χ2n) is 6.31. The number of hydrogen-bond acceptors (Lipinski definition) is 3. The van der Waals surface area contributed by atoms with Crippen LogP contribution in [0.4, 0.5) is 0 Å². The Morgan fingerprint density at radius 2 is 1.20 bits per heavy atom. The van der Waals surface area contributed by atoms with E-state index in [0.717, 1.165) is 27.5 Å². The first-order valence-electron chi connectivity index (χ1n) is 8.80. The van der Waals surface area contributed by atoms with Gasteiger partial charge in [0, 0.05) is 10.2 Å². The van der Waals surface area contributed by atoms with Crippen LogP contribution in [-0.2, 0) is 0 Å². The molecule has 3 nitrogen and oxygen atoms in total. The lowest BCUT2D eigenvalue weighted by Crippen LogP contribution is -2.18. The maximum Gasteiger partial charge on any atom is 0.247 e. The predicted octanol–water partition coefficient (Wildman–Crippen LogP) is 0.836. The zero-order chi connectivity index (χ0) is 18.8. The summed E-state index contributed by atoms with van der Waals surface area (Å²) in [6.45, 7) is 12.6. The van der Waals surface area contributed by atoms with E-state index in [1.165, 1.54) is 20.8 Å². The molecule has 1 aromatic carbocycles. The molecule has 0 saturated carbocycles. The molecule has 0 fully saturated rings. The van der Waals surface area contributed by atoms with Crippen LogP contribution in [0.3, 0.4) is 0 Å². The quantitative estimate of drug-likeness (QED) is 0.567. The van der Waals surface area contributed by atoms with Crippen molar-refractivity contribution in [1.29, 1.82) is 0 Å². The van der Waals surface area contributed by atoms with E-state index < -0.39 is 29.3 Å². The van der Waals surface area contributed by atoms with Gasteiger partial charge in [-0.2, -0.15) is 0 Å². The van der Waals surface area contributed by atoms with E-state index in [0.29, 0.717) is 0 Å². The van der Waals surface area contributed by atoms with Gasteiger partial charge in [-0.05, 0) is 52.8 Å². The van der Waals surface area contributed by atoms with Crippen LogP contribution in [0.25, 0.3) is 0 Å². The second-order valence-corrected chi connectivity index (χ2v) is 12.5. The third-order valence-electron chi connectivity index (χ3n) is 4.09. The summed E-state index contributed by atoms with van der Waals surface area (Å²) in [4.78, 5) is 0. The molecule has 0 radical (unpaired) electrons. The lowest BCUT2D eigenvalue weighted by atomic mass is 10.3. The third-order valence-corrected chi connectivity index (χ3v) is 8.79. The zero-order valence-corrected chi connectivity index (χ0v) is 23.0. The zero-order valence-electron chi connectivity index (χ0n) is 16.7. The third kappa shape index (κ3) is 7.23. The summed E-state index contributed by atoms with van der Waals surface area (Å²) < 4.78 is 18.7. The predicted molar refractivity (Wildman–Crippen MR) is 122 cm³/mol. The van der Waals surface area contributed by atoms with Crippen LogP contribution in [0.15, 0.2) is 45.9 Å². The van der Waals surface area contributed by atoms with Crippen LogP contribution in [0.5, 0.6) is 17.2 Å². The van der Waals surface area contributed by atoms with Crippen LogP contribution in [0, 0.1) is 0 Å². The Labute approximate surface area is 162 Å². The monoisotopic (exact) mass is 408 g/mol. The van der Waals surface area contributed by atoms with Crippen LogP contribution in [-0.4, -0.2) is 39.5 Å². The van der Waals surface area contributed by atoms with Crippen molar-refractivity contribution in [2.45, 2.75) is 41.5 Å². The van der Waals surface area contributed by atoms with Crippen molar-refractivity contribution < 1.29 is 13.3 Å². The molecule has 0 amide bonds. The summed E-state index contributed by atoms with van der Waals surface area (Å²) in [5.74, 6) is 2.62. The number of hydrogen-bond donors (Lipinski definition) is 0. The van der Waals surface area contributed by atoms with Crippen molar-refractivity contribution in [1.82, 2.24) is 0 Å². The van der Waals surface area contributed by atoms with Gasteiger partial charge in [0.1, 0.15) is 11.5 Å². The van der Waals surface area contributed by atoms with Gasteiger partial charge in [0.05, 0.1) is 0 Å². The molecule has 0 heterocycles. The van der Waals surface area contributed by atoms with Crippen molar-refractivity contribution in [2.24, 2.45) is 0 Å². The molecule has 0 atom stereocenters. The second kappa shape index (κ2) is 11.3. The molecule has 1 aromatic rings. The molecule has 25 heavy (non-hydrogen) atoms. The molecule has 0 saturated heterocycles. The summed E-state index contributed by atoms with van der Waals surface area (Å²) in [6.07, 6.45) is 6.41. The Balaban J connectivity index is 3.16. The lowest BCUT2D eigenvalue weighted by Gasteiger charge is -2.20. The normalized spacial score (nSPS) is 14.6. The highest BCUT2D eigenvalue weighted by atomic mass is 28.2. The molecule has 0 bridgehead atoms. The van der Waals surface area contributed by atoms with E-state index in [9.17, 15) is 0 Å². The average molecular weight is 409 g/mol. The van der Waals surface area contributed by atoms with Gasteiger partial charge in [0.2, 0.25) is 29.3 Å². The Morgan fingerprint density at radius 1 is 0.760 bits per heavy atom. The highest BCUT2D eigenvalue weighted by molar-refractivity contribution is 6.42. The Morgan fingerprint density at radius 3 is 1.68 bits per heavy atom. The van der Waals surface area contributed by atoms with Crippen molar-refractivity contribution in [3.63, 3.8) is 0 Å². The Kier molecular flexibility index (Phi) is 9.87. The van der Waals surface area contributed by atoms with Crippen LogP contribution in [0.1, 0.15) is 41.5 Å². The molecular weight excluding hydrogens is 377 g/mol. The molecule has 0 aliphatic heterocycles. The molecule has 0 spiro atoms. The molecular formula is C18H32O3Si4. The standard InChI is InChI=1S/C18H32O3Si4/c1-7-12(4)23-19-15-10-11-16(22)18(21-25-14(6)9-3)17(15)20-24-13(5)8-2/h7-11H,23-25H2,1-6,22H3. The first-order valence-corrected chi connectivity index (χ1v) is 13.7. The summed E-state index contributed by atoms with van der Waals surface area (Å²) in [5, 5.41) is 5.26. The Bertz CT molecular complexity index is 667. The average Bonchev–Trinajstić information content (AvgIpc) is 2.63. The van der Waals surface area contributed by atoms with Crippen LogP contribution < -0.4 is 18.5 Å². The highest BCUT2D eigenvalue weighted by Crippen LogP contribution is 2.36. The molecule has 0 unspecified atom stereocenters. The van der Waals surface area contributed by atoms with Crippen LogP contribution >= 0.6 is 0 Å². The first-order chi connectivity index (χ1) is 11.9. The summed E-state index contributed by atoms with van der Waals surface area (Å²) >= 11 is 0. The Hall–Kier alpha value is -1.29. The maximum absolute atomic E-state index is 6.28. The minimum absolute atomic E-state index is 0.748. The van der Waals surface area contributed by atoms with Gasteiger partial charge < -0.3 is 13.3 Å². The molecule has 138 valence electrons. The fourth-order valence-corrected chi connectivity index (χ4v) is 5.20. The van der Waals surface area contributed by atoms with Gasteiger partial charge in [-0.3, -0.25) is 0 Å². The number of benzene rings is 1. The topological polar surface area (TPSA) is 27.7 Å². The van der Waals surface area contributed by atoms with Gasteiger partial charge in [0.25, 0.3) is 0 Å². The smallest absolute Gasteiger partial charge is 0.247 e. The lowest BCUT2D eigenvalue weighted by molar-refractivity contribution is 0.493. The summed E-state index contributed by atoms with van der Waals surface area (Å²) in [5.41, 5.74) is 0. The van der Waals surface area contributed by atoms with Gasteiger partial charge in [0.15, 0.2) is 5.75 Å². The van der Waals surface area contributed by atoms with Crippen molar-refractivity contribution in [3.05, 3.63) is 45.9 Å². The first kappa shape index (κ1) is 21.7. The van der Waals surface area contributed by atoms with Crippen molar-refractivity contribution in [2.75, 3.05) is 0 Å². The SMILES string of the molecule is CC=C(C)[SiH2]Oc1ccc([SiH3])c(O[SiH2]C(C)=CC)c1O[SiH2]C(C)=CC. The number of allylic oxidation sites excluding steroid dienone is 6. The molecule has 7 heteroatoms. The summed E-state index contributed by atoms with van der Waals surface area (Å²) in [6, 6.07) is 4.19. The highest BCUT2D eigenvalue weighted by Gasteiger charge is 2.16. The van der Waals surface area contributed by atoms with Crippen molar-refractivity contribution >= 4 is 44.7 Å². The van der Waals surface area contributed by atoms with Gasteiger partial charge in [-0.15, -0.1) is 0 Å². The minimum Gasteiger partial charge on any atom is -0.543 e. The van der Waals surface area contributed by atoms with Crippen LogP contribution in [0.2, 0.25) is 0 Å². The van der Waals surface area contributed by atoms with Crippen molar-refractivity contribution in [3.8, 4) is 17.2 Å². The number of rotatable bonds is 9. The molecule has 1 rings (SSSR count). The van der Waals surface area contributed by atoms with Gasteiger partial charge in [-0.25, -0.2) is 0 Å². The van der Waals surface area contributed by atoms with E-state index in [1.54, 1.807) is 0 Å².